The molecule has 0 spiro atoms. The lowest BCUT2D eigenvalue weighted by Gasteiger charge is -2.36. The Morgan fingerprint density at radius 1 is 0.914 bits per heavy atom. The number of benzene rings is 3. The normalized spacial score (nSPS) is 14.1. The molecule has 0 bridgehead atoms. The lowest BCUT2D eigenvalue weighted by Crippen LogP contribution is -2.48. The summed E-state index contributed by atoms with van der Waals surface area (Å²) in [5.41, 5.74) is 3.10. The van der Waals surface area contributed by atoms with Crippen LogP contribution in [0.1, 0.15) is 10.4 Å². The zero-order valence-corrected chi connectivity index (χ0v) is 18.7. The first-order valence-electron chi connectivity index (χ1n) is 11.3. The molecule has 0 saturated carbocycles. The third-order valence-corrected chi connectivity index (χ3v) is 6.41. The summed E-state index contributed by atoms with van der Waals surface area (Å²) in [6.45, 7) is 2.71. The Morgan fingerprint density at radius 2 is 1.66 bits per heavy atom. The molecule has 0 aliphatic carbocycles. The molecule has 6 rings (SSSR count). The first-order chi connectivity index (χ1) is 17.1. The highest BCUT2D eigenvalue weighted by atomic mass is 19.1. The maximum Gasteiger partial charge on any atom is 0.281 e. The molecule has 1 amide bonds. The number of carbonyl (C=O) groups excluding carboxylic acids is 1. The van der Waals surface area contributed by atoms with Gasteiger partial charge < -0.3 is 9.80 Å². The van der Waals surface area contributed by atoms with E-state index in [-0.39, 0.29) is 11.7 Å². The maximum atomic E-state index is 13.4. The average molecular weight is 468 g/mol. The Balaban J connectivity index is 1.32. The van der Waals surface area contributed by atoms with Crippen molar-refractivity contribution in [3.05, 3.63) is 94.5 Å². The molecular formula is C26H21FN6O2. The van der Waals surface area contributed by atoms with Gasteiger partial charge in [0.05, 0.1) is 10.9 Å². The van der Waals surface area contributed by atoms with Gasteiger partial charge in [0.1, 0.15) is 11.5 Å². The van der Waals surface area contributed by atoms with Crippen LogP contribution < -0.4 is 10.5 Å². The van der Waals surface area contributed by atoms with Crippen molar-refractivity contribution in [2.45, 2.75) is 0 Å². The molecule has 2 aromatic heterocycles. The molecule has 5 aromatic rings. The molecule has 0 atom stereocenters. The summed E-state index contributed by atoms with van der Waals surface area (Å²) in [6.07, 6.45) is 0. The van der Waals surface area contributed by atoms with Crippen molar-refractivity contribution in [3.8, 4) is 11.3 Å². The van der Waals surface area contributed by atoms with E-state index in [4.69, 9.17) is 0 Å². The van der Waals surface area contributed by atoms with Crippen molar-refractivity contribution in [2.24, 2.45) is 0 Å². The summed E-state index contributed by atoms with van der Waals surface area (Å²) in [7, 11) is 0. The summed E-state index contributed by atoms with van der Waals surface area (Å²) in [4.78, 5) is 34.3. The topological polar surface area (TPSA) is 86.6 Å². The molecule has 35 heavy (non-hydrogen) atoms. The molecule has 1 N–H and O–H groups in total. The van der Waals surface area contributed by atoms with Gasteiger partial charge in [-0.15, -0.1) is 0 Å². The molecule has 8 nitrogen and oxygen atoms in total. The van der Waals surface area contributed by atoms with E-state index >= 15 is 0 Å². The van der Waals surface area contributed by atoms with Crippen molar-refractivity contribution in [1.82, 2.24) is 24.7 Å². The van der Waals surface area contributed by atoms with Gasteiger partial charge in [-0.25, -0.2) is 14.1 Å². The number of para-hydroxylation sites is 1. The van der Waals surface area contributed by atoms with Gasteiger partial charge in [0.2, 0.25) is 0 Å². The second-order valence-electron chi connectivity index (χ2n) is 8.49. The summed E-state index contributed by atoms with van der Waals surface area (Å²) in [5, 5.41) is 7.56. The fourth-order valence-electron chi connectivity index (χ4n) is 4.55. The number of carbonyl (C=O) groups is 1. The molecule has 1 fully saturated rings. The average Bonchev–Trinajstić information content (AvgIpc) is 3.33. The number of nitrogens with zero attached hydrogens (tertiary/aromatic N) is 5. The summed E-state index contributed by atoms with van der Waals surface area (Å²) in [5.74, 6) is -0.451. The van der Waals surface area contributed by atoms with E-state index in [1.54, 1.807) is 34.8 Å². The minimum Gasteiger partial charge on any atom is -0.368 e. The number of fused-ring (bicyclic) bond motifs is 3. The van der Waals surface area contributed by atoms with Crippen LogP contribution in [0.25, 0.3) is 27.8 Å². The quantitative estimate of drug-likeness (QED) is 0.439. The standard InChI is InChI=1S/C26H21FN6O2/c27-19-9-6-17(7-10-19)23-24-28-25(34)21-11-8-18(16-22(21)33(24)30-29-23)26(35)32-14-12-31(13-15-32)20-4-2-1-3-5-20/h1-11,16,30H,12-15H2. The monoisotopic (exact) mass is 468 g/mol. The van der Waals surface area contributed by atoms with Gasteiger partial charge in [0.15, 0.2) is 5.65 Å². The zero-order valence-electron chi connectivity index (χ0n) is 18.7. The van der Waals surface area contributed by atoms with E-state index in [0.717, 1.165) is 18.8 Å². The van der Waals surface area contributed by atoms with Crippen LogP contribution in [0.2, 0.25) is 0 Å². The fourth-order valence-corrected chi connectivity index (χ4v) is 4.55. The third kappa shape index (κ3) is 3.71. The van der Waals surface area contributed by atoms with E-state index in [0.29, 0.717) is 46.5 Å². The van der Waals surface area contributed by atoms with Crippen molar-refractivity contribution in [2.75, 3.05) is 31.1 Å². The van der Waals surface area contributed by atoms with E-state index in [2.05, 4.69) is 32.3 Å². The number of aromatic amines is 1. The number of H-pyrrole nitrogens is 1. The Morgan fingerprint density at radius 3 is 2.40 bits per heavy atom. The van der Waals surface area contributed by atoms with Crippen LogP contribution >= 0.6 is 0 Å². The molecular weight excluding hydrogens is 447 g/mol. The van der Waals surface area contributed by atoms with Crippen LogP contribution in [0, 0.1) is 5.82 Å². The first-order valence-corrected chi connectivity index (χ1v) is 11.3. The van der Waals surface area contributed by atoms with Crippen LogP contribution in [0.3, 0.4) is 0 Å². The number of piperazine rings is 1. The fraction of sp³-hybridized carbons (Fsp3) is 0.154. The number of halogens is 1. The molecule has 1 aliphatic rings. The zero-order chi connectivity index (χ0) is 23.9. The Hall–Kier alpha value is -4.53. The molecule has 1 saturated heterocycles. The lowest BCUT2D eigenvalue weighted by molar-refractivity contribution is 0.0747. The smallest absolute Gasteiger partial charge is 0.281 e. The van der Waals surface area contributed by atoms with Crippen molar-refractivity contribution in [3.63, 3.8) is 0 Å². The minimum atomic E-state index is -0.416. The van der Waals surface area contributed by atoms with Crippen LogP contribution in [0.15, 0.2) is 77.6 Å². The lowest BCUT2D eigenvalue weighted by atomic mass is 10.1. The number of amides is 1. The first kappa shape index (κ1) is 21.0. The van der Waals surface area contributed by atoms with Crippen molar-refractivity contribution >= 4 is 28.1 Å². The molecule has 3 aromatic carbocycles. The molecule has 0 unspecified atom stereocenters. The van der Waals surface area contributed by atoms with Gasteiger partial charge in [0.25, 0.3) is 11.5 Å². The Bertz CT molecular complexity index is 1600. The molecule has 1 aliphatic heterocycles. The summed E-state index contributed by atoms with van der Waals surface area (Å²) < 4.78 is 14.9. The molecule has 174 valence electrons. The van der Waals surface area contributed by atoms with E-state index in [1.165, 1.54) is 12.1 Å². The van der Waals surface area contributed by atoms with Gasteiger partial charge in [-0.1, -0.05) is 18.2 Å². The van der Waals surface area contributed by atoms with Gasteiger partial charge in [-0.2, -0.15) is 10.1 Å². The number of anilines is 1. The van der Waals surface area contributed by atoms with Gasteiger partial charge in [-0.05, 0) is 54.6 Å². The van der Waals surface area contributed by atoms with Gasteiger partial charge in [-0.3, -0.25) is 9.59 Å². The highest BCUT2D eigenvalue weighted by molar-refractivity contribution is 5.98. The van der Waals surface area contributed by atoms with Crippen LogP contribution in [-0.4, -0.2) is 56.8 Å². The third-order valence-electron chi connectivity index (χ3n) is 6.41. The number of hydrogen-bond donors (Lipinski definition) is 1. The predicted octanol–water partition coefficient (Wildman–Crippen LogP) is 3.34. The number of nitrogens with one attached hydrogen (secondary N) is 1. The Kier molecular flexibility index (Phi) is 5.02. The van der Waals surface area contributed by atoms with E-state index < -0.39 is 5.56 Å². The largest absolute Gasteiger partial charge is 0.368 e. The Labute approximate surface area is 199 Å². The predicted molar refractivity (Wildman–Crippen MR) is 131 cm³/mol. The van der Waals surface area contributed by atoms with Crippen LogP contribution in [0.4, 0.5) is 10.1 Å². The van der Waals surface area contributed by atoms with Crippen molar-refractivity contribution < 1.29 is 9.18 Å². The number of aromatic nitrogens is 4. The highest BCUT2D eigenvalue weighted by Gasteiger charge is 2.23. The summed E-state index contributed by atoms with van der Waals surface area (Å²) in [6, 6.07) is 21.0. The SMILES string of the molecule is O=C(c1ccc2c(=O)nc3c(-c4ccc(F)cc4)n[nH]n3c2c1)N1CCN(c2ccccc2)CC1. The van der Waals surface area contributed by atoms with Crippen LogP contribution in [-0.2, 0) is 0 Å². The number of hydrogen-bond acceptors (Lipinski definition) is 5. The van der Waals surface area contributed by atoms with Gasteiger partial charge >= 0.3 is 0 Å². The summed E-state index contributed by atoms with van der Waals surface area (Å²) >= 11 is 0. The second-order valence-corrected chi connectivity index (χ2v) is 8.49. The van der Waals surface area contributed by atoms with E-state index in [1.807, 2.05) is 23.1 Å². The minimum absolute atomic E-state index is 0.0871. The maximum absolute atomic E-state index is 13.4. The molecule has 3 heterocycles. The van der Waals surface area contributed by atoms with Gasteiger partial charge in [0, 0.05) is 43.0 Å². The van der Waals surface area contributed by atoms with Crippen LogP contribution in [0.5, 0.6) is 0 Å². The molecule has 0 radical (unpaired) electrons. The van der Waals surface area contributed by atoms with Crippen molar-refractivity contribution in [1.29, 1.82) is 0 Å². The number of rotatable bonds is 3. The molecule has 9 heteroatoms. The van der Waals surface area contributed by atoms with E-state index in [9.17, 15) is 14.0 Å². The second kappa shape index (κ2) is 8.35. The highest BCUT2D eigenvalue weighted by Crippen LogP contribution is 2.24.